The van der Waals surface area contributed by atoms with Gasteiger partial charge in [-0.3, -0.25) is 9.59 Å². The van der Waals surface area contributed by atoms with Gasteiger partial charge < -0.3 is 10.0 Å². The van der Waals surface area contributed by atoms with Gasteiger partial charge in [-0.05, 0) is 24.7 Å². The lowest BCUT2D eigenvalue weighted by Crippen LogP contribution is -2.41. The average Bonchev–Trinajstić information content (AvgIpc) is 2.64. The van der Waals surface area contributed by atoms with Gasteiger partial charge in [0.05, 0.1) is 6.42 Å². The van der Waals surface area contributed by atoms with E-state index in [1.807, 2.05) is 4.90 Å². The van der Waals surface area contributed by atoms with Crippen LogP contribution in [0.1, 0.15) is 51.4 Å². The predicted molar refractivity (Wildman–Crippen MR) is 63.6 cm³/mol. The third-order valence-corrected chi connectivity index (χ3v) is 4.14. The maximum absolute atomic E-state index is 11.7. The van der Waals surface area contributed by atoms with Gasteiger partial charge in [-0.25, -0.2) is 0 Å². The van der Waals surface area contributed by atoms with Crippen molar-refractivity contribution in [1.82, 2.24) is 4.90 Å². The summed E-state index contributed by atoms with van der Waals surface area (Å²) in [6.07, 6.45) is 7.13. The zero-order valence-corrected chi connectivity index (χ0v) is 10.3. The van der Waals surface area contributed by atoms with E-state index in [1.54, 1.807) is 0 Å². The Morgan fingerprint density at radius 1 is 1.24 bits per heavy atom. The number of carbonyl (C=O) groups is 2. The minimum atomic E-state index is -0.724. The lowest BCUT2D eigenvalue weighted by molar-refractivity contribution is -0.142. The molecule has 0 bridgehead atoms. The highest BCUT2D eigenvalue weighted by atomic mass is 16.4. The first kappa shape index (κ1) is 12.4. The van der Waals surface area contributed by atoms with Crippen LogP contribution in [0.5, 0.6) is 0 Å². The minimum absolute atomic E-state index is 0.149. The van der Waals surface area contributed by atoms with Crippen molar-refractivity contribution < 1.29 is 14.7 Å². The maximum Gasteiger partial charge on any atom is 0.303 e. The van der Waals surface area contributed by atoms with E-state index >= 15 is 0 Å². The molecule has 0 spiro atoms. The second-order valence-corrected chi connectivity index (χ2v) is 5.55. The van der Waals surface area contributed by atoms with Crippen molar-refractivity contribution in [3.8, 4) is 0 Å². The summed E-state index contributed by atoms with van der Waals surface area (Å²) < 4.78 is 0. The number of nitrogens with zero attached hydrogens (tertiary/aromatic N) is 1. The van der Waals surface area contributed by atoms with Crippen LogP contribution in [-0.2, 0) is 9.59 Å². The summed E-state index contributed by atoms with van der Waals surface area (Å²) in [6, 6.07) is 0. The Kier molecular flexibility index (Phi) is 3.69. The fourth-order valence-corrected chi connectivity index (χ4v) is 3.29. The quantitative estimate of drug-likeness (QED) is 0.816. The molecule has 0 radical (unpaired) electrons. The molecule has 1 amide bonds. The molecule has 2 rings (SSSR count). The molecule has 1 heterocycles. The second-order valence-electron chi connectivity index (χ2n) is 5.55. The Balaban J connectivity index is 2.03. The third kappa shape index (κ3) is 2.99. The van der Waals surface area contributed by atoms with Crippen LogP contribution < -0.4 is 0 Å². The Morgan fingerprint density at radius 2 is 1.94 bits per heavy atom. The molecule has 0 aromatic carbocycles. The Hall–Kier alpha value is -1.06. The van der Waals surface area contributed by atoms with Crippen molar-refractivity contribution in [2.45, 2.75) is 51.4 Å². The fourth-order valence-electron chi connectivity index (χ4n) is 3.29. The maximum atomic E-state index is 11.7. The first-order valence-electron chi connectivity index (χ1n) is 6.61. The molecular formula is C13H21NO3. The molecule has 17 heavy (non-hydrogen) atoms. The summed E-state index contributed by atoms with van der Waals surface area (Å²) in [5, 5.41) is 9.07. The monoisotopic (exact) mass is 239 g/mol. The van der Waals surface area contributed by atoms with Crippen LogP contribution in [0.4, 0.5) is 0 Å². The van der Waals surface area contributed by atoms with Gasteiger partial charge in [0.1, 0.15) is 0 Å². The number of hydrogen-bond donors (Lipinski definition) is 1. The van der Waals surface area contributed by atoms with Gasteiger partial charge in [0, 0.05) is 19.5 Å². The molecule has 0 unspecified atom stereocenters. The summed E-state index contributed by atoms with van der Waals surface area (Å²) in [5.41, 5.74) is -0.149. The predicted octanol–water partition coefficient (Wildman–Crippen LogP) is 2.03. The standard InChI is InChI=1S/C13H21NO3/c15-11-5-4-8-14(11)10-13(9-12(16)17)6-2-1-3-7-13/h1-10H2,(H,16,17). The first-order valence-corrected chi connectivity index (χ1v) is 6.61. The van der Waals surface area contributed by atoms with E-state index in [0.717, 1.165) is 38.6 Å². The number of aliphatic carboxylic acids is 1. The molecule has 4 heteroatoms. The van der Waals surface area contributed by atoms with Gasteiger partial charge in [-0.15, -0.1) is 0 Å². The molecule has 4 nitrogen and oxygen atoms in total. The summed E-state index contributed by atoms with van der Waals surface area (Å²) in [4.78, 5) is 24.6. The molecule has 0 atom stereocenters. The molecule has 1 N–H and O–H groups in total. The van der Waals surface area contributed by atoms with Crippen LogP contribution in [0.3, 0.4) is 0 Å². The normalized spacial score (nSPS) is 24.0. The largest absolute Gasteiger partial charge is 0.481 e. The molecule has 1 saturated heterocycles. The van der Waals surface area contributed by atoms with Gasteiger partial charge in [0.25, 0.3) is 0 Å². The van der Waals surface area contributed by atoms with E-state index in [2.05, 4.69) is 0 Å². The van der Waals surface area contributed by atoms with Crippen molar-refractivity contribution in [3.63, 3.8) is 0 Å². The summed E-state index contributed by atoms with van der Waals surface area (Å²) in [7, 11) is 0. The van der Waals surface area contributed by atoms with Gasteiger partial charge >= 0.3 is 5.97 Å². The van der Waals surface area contributed by atoms with E-state index < -0.39 is 5.97 Å². The zero-order valence-electron chi connectivity index (χ0n) is 10.3. The van der Waals surface area contributed by atoms with Gasteiger partial charge in [0.2, 0.25) is 5.91 Å². The van der Waals surface area contributed by atoms with Crippen molar-refractivity contribution in [2.24, 2.45) is 5.41 Å². The number of carboxylic acid groups (broad SMARTS) is 1. The van der Waals surface area contributed by atoms with E-state index in [9.17, 15) is 9.59 Å². The van der Waals surface area contributed by atoms with Crippen molar-refractivity contribution >= 4 is 11.9 Å². The topological polar surface area (TPSA) is 57.6 Å². The van der Waals surface area contributed by atoms with Crippen molar-refractivity contribution in [1.29, 1.82) is 0 Å². The van der Waals surface area contributed by atoms with Crippen LogP contribution in [0.15, 0.2) is 0 Å². The molecular weight excluding hydrogens is 218 g/mol. The van der Waals surface area contributed by atoms with Crippen LogP contribution >= 0.6 is 0 Å². The second kappa shape index (κ2) is 5.07. The number of carboxylic acids is 1. The van der Waals surface area contributed by atoms with E-state index in [4.69, 9.17) is 5.11 Å². The molecule has 0 aromatic heterocycles. The SMILES string of the molecule is O=C(O)CC1(CN2CCCC2=O)CCCCC1. The van der Waals surface area contributed by atoms with Gasteiger partial charge in [-0.1, -0.05) is 19.3 Å². The van der Waals surface area contributed by atoms with E-state index in [1.165, 1.54) is 6.42 Å². The van der Waals surface area contributed by atoms with Crippen LogP contribution in [-0.4, -0.2) is 35.0 Å². The van der Waals surface area contributed by atoms with Crippen molar-refractivity contribution in [3.05, 3.63) is 0 Å². The third-order valence-electron chi connectivity index (χ3n) is 4.14. The van der Waals surface area contributed by atoms with Crippen LogP contribution in [0.2, 0.25) is 0 Å². The number of rotatable bonds is 4. The Labute approximate surface area is 102 Å². The number of hydrogen-bond acceptors (Lipinski definition) is 2. The molecule has 0 aromatic rings. The molecule has 1 aliphatic heterocycles. The molecule has 2 fully saturated rings. The number of carbonyl (C=O) groups excluding carboxylic acids is 1. The fraction of sp³-hybridized carbons (Fsp3) is 0.846. The lowest BCUT2D eigenvalue weighted by Gasteiger charge is -2.39. The van der Waals surface area contributed by atoms with E-state index in [0.29, 0.717) is 13.0 Å². The molecule has 1 aliphatic carbocycles. The first-order chi connectivity index (χ1) is 8.11. The number of amides is 1. The Morgan fingerprint density at radius 3 is 2.47 bits per heavy atom. The van der Waals surface area contributed by atoms with Gasteiger partial charge in [0.15, 0.2) is 0 Å². The average molecular weight is 239 g/mol. The van der Waals surface area contributed by atoms with Crippen LogP contribution in [0, 0.1) is 5.41 Å². The highest BCUT2D eigenvalue weighted by Crippen LogP contribution is 2.40. The Bertz CT molecular complexity index is 308. The van der Waals surface area contributed by atoms with E-state index in [-0.39, 0.29) is 17.7 Å². The van der Waals surface area contributed by atoms with Crippen molar-refractivity contribution in [2.75, 3.05) is 13.1 Å². The highest BCUT2D eigenvalue weighted by Gasteiger charge is 2.38. The minimum Gasteiger partial charge on any atom is -0.481 e. The molecule has 96 valence electrons. The zero-order chi connectivity index (χ0) is 12.3. The highest BCUT2D eigenvalue weighted by molar-refractivity contribution is 5.78. The summed E-state index contributed by atoms with van der Waals surface area (Å²) in [6.45, 7) is 1.48. The molecule has 2 aliphatic rings. The smallest absolute Gasteiger partial charge is 0.303 e. The lowest BCUT2D eigenvalue weighted by atomic mass is 9.71. The van der Waals surface area contributed by atoms with Crippen LogP contribution in [0.25, 0.3) is 0 Å². The molecule has 1 saturated carbocycles. The number of likely N-dealkylation sites (tertiary alicyclic amines) is 1. The summed E-state index contributed by atoms with van der Waals surface area (Å²) in [5.74, 6) is -0.515. The van der Waals surface area contributed by atoms with Gasteiger partial charge in [-0.2, -0.15) is 0 Å². The summed E-state index contributed by atoms with van der Waals surface area (Å²) >= 11 is 0.